The van der Waals surface area contributed by atoms with Gasteiger partial charge >= 0.3 is 0 Å². The summed E-state index contributed by atoms with van der Waals surface area (Å²) in [6.07, 6.45) is 1.85. The molecule has 146 valence electrons. The van der Waals surface area contributed by atoms with Crippen LogP contribution in [0.3, 0.4) is 0 Å². The highest BCUT2D eigenvalue weighted by molar-refractivity contribution is 7.15. The molecule has 0 spiro atoms. The standard InChI is InChI=1S/C22H18N2O3S2/c25-19(12-17-9-5-11-28-17)24-22-20(21(26)23-13-16-8-4-10-27-16)18(14-29-22)15-6-2-1-3-7-15/h1-11,14H,12-13H2,(H,23,26)(H,24,25). The maximum atomic E-state index is 13.0. The molecule has 0 aliphatic carbocycles. The smallest absolute Gasteiger partial charge is 0.255 e. The molecule has 2 N–H and O–H groups in total. The van der Waals surface area contributed by atoms with Crippen molar-refractivity contribution in [2.75, 3.05) is 5.32 Å². The van der Waals surface area contributed by atoms with Gasteiger partial charge in [-0.2, -0.15) is 0 Å². The van der Waals surface area contributed by atoms with E-state index >= 15 is 0 Å². The highest BCUT2D eigenvalue weighted by atomic mass is 32.1. The fraction of sp³-hybridized carbons (Fsp3) is 0.0909. The van der Waals surface area contributed by atoms with Crippen LogP contribution in [0.15, 0.2) is 76.0 Å². The van der Waals surface area contributed by atoms with E-state index in [-0.39, 0.29) is 24.8 Å². The Bertz CT molecular complexity index is 1080. The molecule has 3 aromatic heterocycles. The van der Waals surface area contributed by atoms with E-state index in [1.165, 1.54) is 22.7 Å². The van der Waals surface area contributed by atoms with Crippen LogP contribution in [0.2, 0.25) is 0 Å². The van der Waals surface area contributed by atoms with Crippen molar-refractivity contribution in [3.8, 4) is 11.1 Å². The molecule has 4 aromatic rings. The molecule has 1 aromatic carbocycles. The molecule has 4 rings (SSSR count). The number of hydrogen-bond acceptors (Lipinski definition) is 5. The van der Waals surface area contributed by atoms with Crippen LogP contribution in [0.25, 0.3) is 11.1 Å². The Morgan fingerprint density at radius 3 is 2.55 bits per heavy atom. The monoisotopic (exact) mass is 422 g/mol. The molecule has 0 radical (unpaired) electrons. The summed E-state index contributed by atoms with van der Waals surface area (Å²) >= 11 is 2.88. The molecule has 2 amide bonds. The first kappa shape index (κ1) is 19.2. The second-order valence-corrected chi connectivity index (χ2v) is 8.20. The van der Waals surface area contributed by atoms with E-state index in [2.05, 4.69) is 10.6 Å². The summed E-state index contributed by atoms with van der Waals surface area (Å²) in [7, 11) is 0. The molecule has 0 fully saturated rings. The Kier molecular flexibility index (Phi) is 5.88. The number of thiophene rings is 2. The topological polar surface area (TPSA) is 71.3 Å². The molecule has 29 heavy (non-hydrogen) atoms. The molecule has 0 unspecified atom stereocenters. The molecular formula is C22H18N2O3S2. The number of hydrogen-bond donors (Lipinski definition) is 2. The van der Waals surface area contributed by atoms with E-state index in [4.69, 9.17) is 4.42 Å². The Balaban J connectivity index is 1.59. The minimum absolute atomic E-state index is 0.144. The van der Waals surface area contributed by atoms with Gasteiger partial charge in [0.15, 0.2) is 0 Å². The van der Waals surface area contributed by atoms with Crippen molar-refractivity contribution in [1.82, 2.24) is 5.32 Å². The normalized spacial score (nSPS) is 10.6. The van der Waals surface area contributed by atoms with Gasteiger partial charge in [0.2, 0.25) is 5.91 Å². The van der Waals surface area contributed by atoms with Gasteiger partial charge in [-0.1, -0.05) is 36.4 Å². The number of carbonyl (C=O) groups excluding carboxylic acids is 2. The predicted octanol–water partition coefficient (Wildman–Crippen LogP) is 5.18. The molecule has 0 saturated heterocycles. The average molecular weight is 423 g/mol. The van der Waals surface area contributed by atoms with Crippen molar-refractivity contribution in [3.63, 3.8) is 0 Å². The minimum Gasteiger partial charge on any atom is -0.467 e. The first-order valence-corrected chi connectivity index (χ1v) is 10.8. The second-order valence-electron chi connectivity index (χ2n) is 6.29. The number of benzene rings is 1. The third-order valence-electron chi connectivity index (χ3n) is 4.27. The molecule has 3 heterocycles. The zero-order valence-electron chi connectivity index (χ0n) is 15.4. The van der Waals surface area contributed by atoms with Gasteiger partial charge in [0.1, 0.15) is 10.8 Å². The summed E-state index contributed by atoms with van der Waals surface area (Å²) < 4.78 is 5.29. The zero-order valence-corrected chi connectivity index (χ0v) is 17.0. The highest BCUT2D eigenvalue weighted by Crippen LogP contribution is 2.35. The summed E-state index contributed by atoms with van der Waals surface area (Å²) in [4.78, 5) is 26.5. The van der Waals surface area contributed by atoms with Crippen molar-refractivity contribution in [3.05, 3.63) is 87.8 Å². The van der Waals surface area contributed by atoms with Crippen LogP contribution >= 0.6 is 22.7 Å². The first-order chi connectivity index (χ1) is 14.2. The summed E-state index contributed by atoms with van der Waals surface area (Å²) in [6, 6.07) is 17.1. The number of carbonyl (C=O) groups is 2. The molecule has 0 atom stereocenters. The van der Waals surface area contributed by atoms with Crippen molar-refractivity contribution in [2.45, 2.75) is 13.0 Å². The Morgan fingerprint density at radius 1 is 0.966 bits per heavy atom. The molecule has 0 saturated carbocycles. The van der Waals surface area contributed by atoms with Gasteiger partial charge < -0.3 is 15.1 Å². The SMILES string of the molecule is O=C(Cc1cccs1)Nc1scc(-c2ccccc2)c1C(=O)NCc1ccco1. The highest BCUT2D eigenvalue weighted by Gasteiger charge is 2.22. The summed E-state index contributed by atoms with van der Waals surface area (Å²) in [5.74, 6) is 0.264. The Morgan fingerprint density at radius 2 is 1.83 bits per heavy atom. The fourth-order valence-electron chi connectivity index (χ4n) is 2.92. The predicted molar refractivity (Wildman–Crippen MR) is 116 cm³/mol. The van der Waals surface area contributed by atoms with E-state index < -0.39 is 0 Å². The molecule has 0 aliphatic heterocycles. The largest absolute Gasteiger partial charge is 0.467 e. The molecule has 7 heteroatoms. The number of amides is 2. The van der Waals surface area contributed by atoms with Crippen LogP contribution in [-0.4, -0.2) is 11.8 Å². The van der Waals surface area contributed by atoms with Gasteiger partial charge in [-0.3, -0.25) is 9.59 Å². The fourth-order valence-corrected chi connectivity index (χ4v) is 4.60. The van der Waals surface area contributed by atoms with Crippen molar-refractivity contribution in [2.24, 2.45) is 0 Å². The van der Waals surface area contributed by atoms with E-state index in [1.807, 2.05) is 53.2 Å². The summed E-state index contributed by atoms with van der Waals surface area (Å²) in [5.41, 5.74) is 2.18. The van der Waals surface area contributed by atoms with Gasteiger partial charge in [-0.05, 0) is 29.1 Å². The van der Waals surface area contributed by atoms with Gasteiger partial charge in [-0.25, -0.2) is 0 Å². The number of furan rings is 1. The van der Waals surface area contributed by atoms with E-state index in [9.17, 15) is 9.59 Å². The van der Waals surface area contributed by atoms with Crippen LogP contribution < -0.4 is 10.6 Å². The number of anilines is 1. The molecule has 0 aliphatic rings. The van der Waals surface area contributed by atoms with E-state index in [0.717, 1.165) is 16.0 Å². The number of nitrogens with one attached hydrogen (secondary N) is 2. The maximum Gasteiger partial charge on any atom is 0.255 e. The minimum atomic E-state index is -0.257. The van der Waals surface area contributed by atoms with Gasteiger partial charge in [-0.15, -0.1) is 22.7 Å². The second kappa shape index (κ2) is 8.89. The van der Waals surface area contributed by atoms with Crippen LogP contribution in [0.1, 0.15) is 21.0 Å². The van der Waals surface area contributed by atoms with Gasteiger partial charge in [0, 0.05) is 15.8 Å². The van der Waals surface area contributed by atoms with Crippen LogP contribution in [-0.2, 0) is 17.8 Å². The third kappa shape index (κ3) is 4.64. The van der Waals surface area contributed by atoms with E-state index in [1.54, 1.807) is 18.4 Å². The first-order valence-electron chi connectivity index (χ1n) is 9.00. The lowest BCUT2D eigenvalue weighted by Gasteiger charge is -2.09. The summed E-state index contributed by atoms with van der Waals surface area (Å²) in [6.45, 7) is 0.276. The van der Waals surface area contributed by atoms with Crippen molar-refractivity contribution < 1.29 is 14.0 Å². The zero-order chi connectivity index (χ0) is 20.1. The quantitative estimate of drug-likeness (QED) is 0.431. The van der Waals surface area contributed by atoms with E-state index in [0.29, 0.717) is 16.3 Å². The van der Waals surface area contributed by atoms with Crippen LogP contribution in [0, 0.1) is 0 Å². The summed E-state index contributed by atoms with van der Waals surface area (Å²) in [5, 5.41) is 10.2. The lowest BCUT2D eigenvalue weighted by molar-refractivity contribution is -0.115. The Hall–Kier alpha value is -3.16. The molecule has 5 nitrogen and oxygen atoms in total. The Labute approximate surface area is 176 Å². The molecule has 0 bridgehead atoms. The average Bonchev–Trinajstić information content (AvgIpc) is 3.49. The van der Waals surface area contributed by atoms with Gasteiger partial charge in [0.05, 0.1) is 24.8 Å². The van der Waals surface area contributed by atoms with Crippen molar-refractivity contribution >= 4 is 39.5 Å². The third-order valence-corrected chi connectivity index (χ3v) is 6.05. The van der Waals surface area contributed by atoms with Crippen LogP contribution in [0.5, 0.6) is 0 Å². The lowest BCUT2D eigenvalue weighted by Crippen LogP contribution is -2.24. The lowest BCUT2D eigenvalue weighted by atomic mass is 10.0. The maximum absolute atomic E-state index is 13.0. The van der Waals surface area contributed by atoms with Crippen molar-refractivity contribution in [1.29, 1.82) is 0 Å². The molecular weight excluding hydrogens is 404 g/mol. The number of rotatable bonds is 7. The van der Waals surface area contributed by atoms with Gasteiger partial charge in [0.25, 0.3) is 5.91 Å². The van der Waals surface area contributed by atoms with Crippen LogP contribution in [0.4, 0.5) is 5.00 Å².